The highest BCUT2D eigenvalue weighted by Crippen LogP contribution is 2.24. The van der Waals surface area contributed by atoms with Crippen LogP contribution in [0.1, 0.15) is 33.3 Å². The number of furan rings is 1. The molecule has 0 spiro atoms. The number of fused-ring (bicyclic) bond motifs is 1. The first-order valence-electron chi connectivity index (χ1n) is 11.0. The summed E-state index contributed by atoms with van der Waals surface area (Å²) < 4.78 is 33.5. The summed E-state index contributed by atoms with van der Waals surface area (Å²) in [6, 6.07) is 16.1. The van der Waals surface area contributed by atoms with Gasteiger partial charge in [0.05, 0.1) is 17.3 Å². The maximum absolute atomic E-state index is 13.4. The molecule has 0 bridgehead atoms. The molecule has 0 aliphatic carbocycles. The summed E-state index contributed by atoms with van der Waals surface area (Å²) in [5.41, 5.74) is 1.71. The van der Waals surface area contributed by atoms with E-state index in [1.807, 2.05) is 58.0 Å². The highest BCUT2D eigenvalue weighted by molar-refractivity contribution is 7.89. The summed E-state index contributed by atoms with van der Waals surface area (Å²) in [6.07, 6.45) is 1.24. The van der Waals surface area contributed by atoms with E-state index in [1.165, 1.54) is 10.6 Å². The lowest BCUT2D eigenvalue weighted by atomic mass is 10.0. The van der Waals surface area contributed by atoms with Crippen molar-refractivity contribution < 1.29 is 17.9 Å². The Hall–Kier alpha value is -1.76. The van der Waals surface area contributed by atoms with Gasteiger partial charge in [0.25, 0.3) is 0 Å². The van der Waals surface area contributed by atoms with Crippen LogP contribution in [0.2, 0.25) is 0 Å². The molecule has 3 rings (SSSR count). The normalized spacial score (nSPS) is 13.8. The standard InChI is InChI=1S/C22H29N2O4PS.C2H6/c1-16(2)14-24(15-21(25)20(23-29)12-17-6-4-3-5-7-17)30(26,27)19-8-9-22-18(13-19)10-11-28-22;1-2/h3-11,13,16,20-21,23,25H,12,14-15,29H2,1-2H3;1-2H3/t20-,21+;/m0./s1. The van der Waals surface area contributed by atoms with Crippen LogP contribution < -0.4 is 5.09 Å². The van der Waals surface area contributed by atoms with Crippen LogP contribution in [0.5, 0.6) is 0 Å². The van der Waals surface area contributed by atoms with Crippen LogP contribution >= 0.6 is 9.39 Å². The van der Waals surface area contributed by atoms with Gasteiger partial charge in [-0.2, -0.15) is 4.31 Å². The zero-order valence-electron chi connectivity index (χ0n) is 19.2. The summed E-state index contributed by atoms with van der Waals surface area (Å²) in [6.45, 7) is 8.24. The minimum Gasteiger partial charge on any atom is -0.464 e. The Kier molecular flexibility index (Phi) is 10.3. The lowest BCUT2D eigenvalue weighted by Crippen LogP contribution is -2.47. The van der Waals surface area contributed by atoms with Crippen LogP contribution in [0.15, 0.2) is 70.2 Å². The summed E-state index contributed by atoms with van der Waals surface area (Å²) in [7, 11) is -1.35. The first-order valence-corrected chi connectivity index (χ1v) is 13.0. The molecule has 8 heteroatoms. The second kappa shape index (κ2) is 12.5. The van der Waals surface area contributed by atoms with Crippen LogP contribution in [0, 0.1) is 5.92 Å². The van der Waals surface area contributed by atoms with Gasteiger partial charge in [-0.1, -0.05) is 67.4 Å². The third-order valence-electron chi connectivity index (χ3n) is 5.00. The molecule has 0 saturated carbocycles. The predicted octanol–water partition coefficient (Wildman–Crippen LogP) is 4.46. The zero-order valence-corrected chi connectivity index (χ0v) is 21.2. The summed E-state index contributed by atoms with van der Waals surface area (Å²) >= 11 is 0. The largest absolute Gasteiger partial charge is 0.464 e. The lowest BCUT2D eigenvalue weighted by molar-refractivity contribution is 0.111. The highest BCUT2D eigenvalue weighted by Gasteiger charge is 2.30. The van der Waals surface area contributed by atoms with Gasteiger partial charge < -0.3 is 9.52 Å². The maximum Gasteiger partial charge on any atom is 0.243 e. The van der Waals surface area contributed by atoms with Crippen LogP contribution in [-0.2, 0) is 16.4 Å². The van der Waals surface area contributed by atoms with Crippen molar-refractivity contribution in [2.45, 2.75) is 51.2 Å². The van der Waals surface area contributed by atoms with E-state index in [4.69, 9.17) is 4.42 Å². The first kappa shape index (κ1) is 26.5. The third-order valence-corrected chi connectivity index (χ3v) is 7.25. The van der Waals surface area contributed by atoms with Gasteiger partial charge in [0.15, 0.2) is 0 Å². The monoisotopic (exact) mass is 478 g/mol. The van der Waals surface area contributed by atoms with Gasteiger partial charge in [-0.25, -0.2) is 8.42 Å². The van der Waals surface area contributed by atoms with Gasteiger partial charge in [-0.15, -0.1) is 0 Å². The van der Waals surface area contributed by atoms with Crippen molar-refractivity contribution in [2.24, 2.45) is 5.92 Å². The number of benzene rings is 2. The Morgan fingerprint density at radius 1 is 1.06 bits per heavy atom. The Morgan fingerprint density at radius 3 is 2.38 bits per heavy atom. The maximum atomic E-state index is 13.4. The fourth-order valence-electron chi connectivity index (χ4n) is 3.44. The fourth-order valence-corrected chi connectivity index (χ4v) is 5.44. The molecule has 6 nitrogen and oxygen atoms in total. The number of nitrogens with one attached hydrogen (secondary N) is 1. The van der Waals surface area contributed by atoms with Crippen molar-refractivity contribution in [1.29, 1.82) is 0 Å². The van der Waals surface area contributed by atoms with E-state index in [1.54, 1.807) is 24.3 Å². The van der Waals surface area contributed by atoms with Gasteiger partial charge in [0.2, 0.25) is 10.0 Å². The SMILES string of the molecule is CC.CC(C)CN(C[C@@H](O)[C@H](Cc1ccccc1)NP)S(=O)(=O)c1ccc2occc2c1. The summed E-state index contributed by atoms with van der Waals surface area (Å²) in [4.78, 5) is 0.197. The molecule has 3 aromatic rings. The topological polar surface area (TPSA) is 82.8 Å². The van der Waals surface area contributed by atoms with Crippen LogP contribution in [-0.4, -0.2) is 43.1 Å². The van der Waals surface area contributed by atoms with Crippen molar-refractivity contribution in [3.8, 4) is 0 Å². The second-order valence-corrected chi connectivity index (χ2v) is 10.1. The summed E-state index contributed by atoms with van der Waals surface area (Å²) in [5, 5.41) is 14.7. The number of aliphatic hydroxyl groups is 1. The average Bonchev–Trinajstić information content (AvgIpc) is 3.26. The van der Waals surface area contributed by atoms with Gasteiger partial charge >= 0.3 is 0 Å². The molecule has 2 aromatic carbocycles. The smallest absolute Gasteiger partial charge is 0.243 e. The zero-order chi connectivity index (χ0) is 23.7. The quantitative estimate of drug-likeness (QED) is 0.421. The molecule has 0 aliphatic rings. The number of hydrogen-bond acceptors (Lipinski definition) is 5. The van der Waals surface area contributed by atoms with E-state index < -0.39 is 16.1 Å². The third kappa shape index (κ3) is 6.87. The van der Waals surface area contributed by atoms with Gasteiger partial charge in [-0.05, 0) is 42.2 Å². The van der Waals surface area contributed by atoms with E-state index in [0.717, 1.165) is 10.9 Å². The number of sulfonamides is 1. The van der Waals surface area contributed by atoms with Crippen LogP contribution in [0.4, 0.5) is 0 Å². The van der Waals surface area contributed by atoms with Crippen molar-refractivity contribution in [3.05, 3.63) is 66.4 Å². The van der Waals surface area contributed by atoms with Crippen molar-refractivity contribution in [2.75, 3.05) is 13.1 Å². The Bertz CT molecular complexity index is 1050. The molecule has 1 aromatic heterocycles. The summed E-state index contributed by atoms with van der Waals surface area (Å²) in [5.74, 6) is 0.112. The predicted molar refractivity (Wildman–Crippen MR) is 134 cm³/mol. The fraction of sp³-hybridized carbons (Fsp3) is 0.417. The van der Waals surface area contributed by atoms with E-state index in [9.17, 15) is 13.5 Å². The number of hydrogen-bond donors (Lipinski definition) is 2. The molecule has 1 heterocycles. The Morgan fingerprint density at radius 2 is 1.75 bits per heavy atom. The molecule has 0 amide bonds. The minimum absolute atomic E-state index is 0.00282. The van der Waals surface area contributed by atoms with E-state index in [2.05, 4.69) is 14.5 Å². The molecule has 1 unspecified atom stereocenters. The molecule has 3 atom stereocenters. The second-order valence-electron chi connectivity index (χ2n) is 7.87. The number of rotatable bonds is 10. The van der Waals surface area contributed by atoms with Gasteiger partial charge in [-0.3, -0.25) is 5.09 Å². The van der Waals surface area contributed by atoms with E-state index in [-0.39, 0.29) is 23.4 Å². The molecule has 2 N–H and O–H groups in total. The van der Waals surface area contributed by atoms with Crippen LogP contribution in [0.3, 0.4) is 0 Å². The molecule has 0 radical (unpaired) electrons. The molecule has 0 fully saturated rings. The molecule has 32 heavy (non-hydrogen) atoms. The van der Waals surface area contributed by atoms with Crippen molar-refractivity contribution in [3.63, 3.8) is 0 Å². The molecule has 0 saturated heterocycles. The van der Waals surface area contributed by atoms with Gasteiger partial charge in [0.1, 0.15) is 5.58 Å². The van der Waals surface area contributed by atoms with Crippen LogP contribution in [0.25, 0.3) is 11.0 Å². The molecule has 0 aliphatic heterocycles. The Balaban J connectivity index is 0.00000176. The lowest BCUT2D eigenvalue weighted by Gasteiger charge is -2.30. The number of nitrogens with zero attached hydrogens (tertiary/aromatic N) is 1. The molecule has 176 valence electrons. The Labute approximate surface area is 194 Å². The number of aliphatic hydroxyl groups excluding tert-OH is 1. The van der Waals surface area contributed by atoms with Crippen molar-refractivity contribution in [1.82, 2.24) is 9.39 Å². The van der Waals surface area contributed by atoms with Gasteiger partial charge in [0, 0.05) is 24.5 Å². The minimum atomic E-state index is -3.78. The van der Waals surface area contributed by atoms with Crippen molar-refractivity contribution >= 4 is 30.4 Å². The molecular formula is C24H35N2O4PS. The first-order chi connectivity index (χ1) is 15.3. The highest BCUT2D eigenvalue weighted by atomic mass is 32.2. The van der Waals surface area contributed by atoms with E-state index in [0.29, 0.717) is 18.5 Å². The van der Waals surface area contributed by atoms with E-state index >= 15 is 0 Å². The molecular weight excluding hydrogens is 443 g/mol. The average molecular weight is 479 g/mol.